The smallest absolute Gasteiger partial charge is 0.149 e. The largest absolute Gasteiger partial charge is 0.372 e. The summed E-state index contributed by atoms with van der Waals surface area (Å²) in [5.41, 5.74) is 2.57. The zero-order valence-electron chi connectivity index (χ0n) is 13.2. The molecule has 1 aliphatic heterocycles. The van der Waals surface area contributed by atoms with Gasteiger partial charge >= 0.3 is 0 Å². The minimum Gasteiger partial charge on any atom is -0.372 e. The number of ether oxygens (including phenoxy) is 1. The first-order chi connectivity index (χ1) is 11.8. The van der Waals surface area contributed by atoms with Gasteiger partial charge in [-0.15, -0.1) is 0 Å². The number of nitrogens with zero attached hydrogens (tertiary/aromatic N) is 3. The van der Waals surface area contributed by atoms with E-state index in [0.29, 0.717) is 12.1 Å². The lowest BCUT2D eigenvalue weighted by Crippen LogP contribution is -2.23. The van der Waals surface area contributed by atoms with E-state index in [4.69, 9.17) is 4.74 Å². The van der Waals surface area contributed by atoms with Crippen molar-refractivity contribution in [2.75, 3.05) is 18.0 Å². The highest BCUT2D eigenvalue weighted by atomic mass is 19.1. The summed E-state index contributed by atoms with van der Waals surface area (Å²) in [6.45, 7) is 2.30. The van der Waals surface area contributed by atoms with Crippen LogP contribution in [-0.4, -0.2) is 29.2 Å². The van der Waals surface area contributed by atoms with Crippen LogP contribution in [0.2, 0.25) is 0 Å². The van der Waals surface area contributed by atoms with E-state index in [1.54, 1.807) is 24.7 Å². The van der Waals surface area contributed by atoms with Crippen molar-refractivity contribution in [1.29, 1.82) is 0 Å². The summed E-state index contributed by atoms with van der Waals surface area (Å²) >= 11 is 0. The molecule has 4 nitrogen and oxygen atoms in total. The van der Waals surface area contributed by atoms with E-state index >= 15 is 0 Å². The fourth-order valence-electron chi connectivity index (χ4n) is 3.18. The zero-order valence-corrected chi connectivity index (χ0v) is 13.2. The summed E-state index contributed by atoms with van der Waals surface area (Å²) < 4.78 is 19.9. The molecule has 0 N–H and O–H groups in total. The van der Waals surface area contributed by atoms with Crippen molar-refractivity contribution in [2.45, 2.75) is 19.1 Å². The SMILES string of the molecule is Fc1cccc2c(N3CCC(OCc4ccncc4)C3)ccnc12. The van der Waals surface area contributed by atoms with Gasteiger partial charge in [0.25, 0.3) is 0 Å². The van der Waals surface area contributed by atoms with Gasteiger partial charge in [0.05, 0.1) is 12.7 Å². The van der Waals surface area contributed by atoms with Gasteiger partial charge in [-0.05, 0) is 36.2 Å². The van der Waals surface area contributed by atoms with Crippen LogP contribution < -0.4 is 4.90 Å². The minimum atomic E-state index is -0.279. The Labute approximate surface area is 139 Å². The van der Waals surface area contributed by atoms with Crippen LogP contribution in [0.5, 0.6) is 0 Å². The first-order valence-corrected chi connectivity index (χ1v) is 8.10. The maximum absolute atomic E-state index is 13.9. The number of pyridine rings is 2. The summed E-state index contributed by atoms with van der Waals surface area (Å²) in [4.78, 5) is 10.4. The molecule has 1 fully saturated rings. The average molecular weight is 323 g/mol. The van der Waals surface area contributed by atoms with Gasteiger partial charge < -0.3 is 9.64 Å². The Bertz CT molecular complexity index is 840. The Balaban J connectivity index is 1.48. The van der Waals surface area contributed by atoms with Crippen LogP contribution in [0.1, 0.15) is 12.0 Å². The molecule has 1 aromatic carbocycles. The molecule has 0 radical (unpaired) electrons. The molecule has 1 unspecified atom stereocenters. The van der Waals surface area contributed by atoms with Crippen LogP contribution in [-0.2, 0) is 11.3 Å². The molecule has 1 atom stereocenters. The Morgan fingerprint density at radius 1 is 1.12 bits per heavy atom. The Morgan fingerprint density at radius 2 is 2.00 bits per heavy atom. The monoisotopic (exact) mass is 323 g/mol. The van der Waals surface area contributed by atoms with Crippen molar-refractivity contribution < 1.29 is 9.13 Å². The second-order valence-electron chi connectivity index (χ2n) is 5.99. The quantitative estimate of drug-likeness (QED) is 0.736. The first kappa shape index (κ1) is 15.0. The lowest BCUT2D eigenvalue weighted by molar-refractivity contribution is 0.0553. The fourth-order valence-corrected chi connectivity index (χ4v) is 3.18. The van der Waals surface area contributed by atoms with Gasteiger partial charge in [-0.2, -0.15) is 0 Å². The summed E-state index contributed by atoms with van der Waals surface area (Å²) in [5.74, 6) is -0.279. The lowest BCUT2D eigenvalue weighted by Gasteiger charge is -2.20. The van der Waals surface area contributed by atoms with Crippen molar-refractivity contribution in [1.82, 2.24) is 9.97 Å². The van der Waals surface area contributed by atoms with Crippen LogP contribution in [0.4, 0.5) is 10.1 Å². The molecule has 0 saturated carbocycles. The third kappa shape index (κ3) is 2.95. The van der Waals surface area contributed by atoms with Gasteiger partial charge in [-0.1, -0.05) is 12.1 Å². The molecule has 1 aliphatic rings. The van der Waals surface area contributed by atoms with Crippen molar-refractivity contribution in [3.63, 3.8) is 0 Å². The number of aromatic nitrogens is 2. The third-order valence-corrected chi connectivity index (χ3v) is 4.42. The summed E-state index contributed by atoms with van der Waals surface area (Å²) in [5, 5.41) is 0.854. The standard InChI is InChI=1S/C19H18FN3O/c20-17-3-1-2-16-18(6-10-22-19(16)17)23-11-7-15(12-23)24-13-14-4-8-21-9-5-14/h1-6,8-10,15H,7,11-13H2. The van der Waals surface area contributed by atoms with Crippen molar-refractivity contribution in [3.8, 4) is 0 Å². The van der Waals surface area contributed by atoms with E-state index in [-0.39, 0.29) is 11.9 Å². The maximum atomic E-state index is 13.9. The Kier molecular flexibility index (Phi) is 4.09. The van der Waals surface area contributed by atoms with Gasteiger partial charge in [0.2, 0.25) is 0 Å². The third-order valence-electron chi connectivity index (χ3n) is 4.42. The van der Waals surface area contributed by atoms with Crippen LogP contribution >= 0.6 is 0 Å². The number of para-hydroxylation sites is 1. The van der Waals surface area contributed by atoms with Crippen LogP contribution in [0.3, 0.4) is 0 Å². The number of hydrogen-bond acceptors (Lipinski definition) is 4. The highest BCUT2D eigenvalue weighted by Crippen LogP contribution is 2.30. The molecule has 3 aromatic rings. The molecular formula is C19H18FN3O. The predicted molar refractivity (Wildman–Crippen MR) is 91.3 cm³/mol. The number of hydrogen-bond donors (Lipinski definition) is 0. The first-order valence-electron chi connectivity index (χ1n) is 8.10. The van der Waals surface area contributed by atoms with Crippen LogP contribution in [0.25, 0.3) is 10.9 Å². The van der Waals surface area contributed by atoms with Gasteiger partial charge in [0.1, 0.15) is 11.3 Å². The number of halogens is 1. The molecule has 5 heteroatoms. The highest BCUT2D eigenvalue weighted by molar-refractivity contribution is 5.91. The average Bonchev–Trinajstić information content (AvgIpc) is 3.10. The summed E-state index contributed by atoms with van der Waals surface area (Å²) in [6, 6.07) is 11.0. The fraction of sp³-hybridized carbons (Fsp3) is 0.263. The number of fused-ring (bicyclic) bond motifs is 1. The second-order valence-corrected chi connectivity index (χ2v) is 5.99. The molecule has 0 spiro atoms. The molecular weight excluding hydrogens is 305 g/mol. The van der Waals surface area contributed by atoms with Crippen molar-refractivity contribution >= 4 is 16.6 Å². The van der Waals surface area contributed by atoms with Crippen molar-refractivity contribution in [2.24, 2.45) is 0 Å². The number of anilines is 1. The highest BCUT2D eigenvalue weighted by Gasteiger charge is 2.24. The molecule has 0 bridgehead atoms. The summed E-state index contributed by atoms with van der Waals surface area (Å²) in [7, 11) is 0. The van der Waals surface area contributed by atoms with E-state index in [2.05, 4.69) is 14.9 Å². The molecule has 24 heavy (non-hydrogen) atoms. The van der Waals surface area contributed by atoms with Crippen molar-refractivity contribution in [3.05, 3.63) is 66.4 Å². The van der Waals surface area contributed by atoms with Gasteiger partial charge in [0.15, 0.2) is 0 Å². The topological polar surface area (TPSA) is 38.2 Å². The molecule has 0 amide bonds. The number of benzene rings is 1. The summed E-state index contributed by atoms with van der Waals surface area (Å²) in [6.07, 6.45) is 6.36. The van der Waals surface area contributed by atoms with E-state index in [0.717, 1.165) is 36.1 Å². The van der Waals surface area contributed by atoms with Crippen LogP contribution in [0.15, 0.2) is 55.0 Å². The second kappa shape index (κ2) is 6.53. The molecule has 2 aromatic heterocycles. The molecule has 122 valence electrons. The lowest BCUT2D eigenvalue weighted by atomic mass is 10.1. The normalized spacial score (nSPS) is 17.5. The minimum absolute atomic E-state index is 0.176. The van der Waals surface area contributed by atoms with Crippen LogP contribution in [0, 0.1) is 5.82 Å². The van der Waals surface area contributed by atoms with E-state index in [1.807, 2.05) is 24.3 Å². The Morgan fingerprint density at radius 3 is 2.88 bits per heavy atom. The molecule has 1 saturated heterocycles. The van der Waals surface area contributed by atoms with E-state index in [9.17, 15) is 4.39 Å². The van der Waals surface area contributed by atoms with Gasteiger partial charge in [-0.25, -0.2) is 4.39 Å². The predicted octanol–water partition coefficient (Wildman–Crippen LogP) is 3.56. The molecule has 3 heterocycles. The van der Waals surface area contributed by atoms with Gasteiger partial charge in [0, 0.05) is 42.8 Å². The molecule has 0 aliphatic carbocycles. The van der Waals surface area contributed by atoms with E-state index in [1.165, 1.54) is 6.07 Å². The number of rotatable bonds is 4. The zero-order chi connectivity index (χ0) is 16.4. The van der Waals surface area contributed by atoms with E-state index < -0.39 is 0 Å². The maximum Gasteiger partial charge on any atom is 0.149 e. The molecule has 4 rings (SSSR count). The van der Waals surface area contributed by atoms with Gasteiger partial charge in [-0.3, -0.25) is 9.97 Å². The Hall–Kier alpha value is -2.53.